The van der Waals surface area contributed by atoms with E-state index in [1.165, 1.54) is 12.8 Å². The van der Waals surface area contributed by atoms with Crippen LogP contribution in [0.5, 0.6) is 0 Å². The predicted molar refractivity (Wildman–Crippen MR) is 50.4 cm³/mol. The first-order chi connectivity index (χ1) is 6.18. The molecule has 0 spiro atoms. The average molecular weight is 180 g/mol. The minimum absolute atomic E-state index is 0.114. The van der Waals surface area contributed by atoms with E-state index in [1.807, 2.05) is 6.92 Å². The fourth-order valence-corrected chi connectivity index (χ4v) is 1.27. The second-order valence-electron chi connectivity index (χ2n) is 4.00. The molecule has 0 radical (unpaired) electrons. The first-order valence-corrected chi connectivity index (χ1v) is 4.86. The highest BCUT2D eigenvalue weighted by Crippen LogP contribution is 2.38. The van der Waals surface area contributed by atoms with E-state index in [1.54, 1.807) is 0 Å². The lowest BCUT2D eigenvalue weighted by atomic mass is 10.0. The molecule has 3 N–H and O–H groups in total. The molecule has 2 rings (SSSR count). The molecule has 4 nitrogen and oxygen atoms in total. The summed E-state index contributed by atoms with van der Waals surface area (Å²) in [5.74, 6) is 2.78. The molecule has 2 atom stereocenters. The first-order valence-electron chi connectivity index (χ1n) is 4.86. The van der Waals surface area contributed by atoms with Crippen LogP contribution >= 0.6 is 0 Å². The highest BCUT2D eigenvalue weighted by atomic mass is 15.2. The lowest BCUT2D eigenvalue weighted by Crippen LogP contribution is -2.23. The van der Waals surface area contributed by atoms with Gasteiger partial charge in [0.1, 0.15) is 5.82 Å². The van der Waals surface area contributed by atoms with Gasteiger partial charge >= 0.3 is 0 Å². The second kappa shape index (κ2) is 3.10. The van der Waals surface area contributed by atoms with Gasteiger partial charge < -0.3 is 5.73 Å². The number of aromatic nitrogens is 3. The van der Waals surface area contributed by atoms with E-state index >= 15 is 0 Å². The van der Waals surface area contributed by atoms with Crippen molar-refractivity contribution < 1.29 is 0 Å². The van der Waals surface area contributed by atoms with E-state index in [2.05, 4.69) is 22.1 Å². The lowest BCUT2D eigenvalue weighted by molar-refractivity contribution is 0.583. The quantitative estimate of drug-likeness (QED) is 0.732. The van der Waals surface area contributed by atoms with Crippen molar-refractivity contribution in [1.82, 2.24) is 15.2 Å². The Labute approximate surface area is 77.9 Å². The van der Waals surface area contributed by atoms with E-state index in [-0.39, 0.29) is 12.0 Å². The molecule has 72 valence electrons. The van der Waals surface area contributed by atoms with Crippen molar-refractivity contribution in [2.45, 2.75) is 44.6 Å². The molecule has 1 aromatic heterocycles. The van der Waals surface area contributed by atoms with Crippen LogP contribution in [0.3, 0.4) is 0 Å². The van der Waals surface area contributed by atoms with Crippen molar-refractivity contribution in [1.29, 1.82) is 0 Å². The van der Waals surface area contributed by atoms with Crippen molar-refractivity contribution in [3.63, 3.8) is 0 Å². The number of nitrogens with one attached hydrogen (secondary N) is 1. The summed E-state index contributed by atoms with van der Waals surface area (Å²) in [6.45, 7) is 4.04. The van der Waals surface area contributed by atoms with E-state index in [0.717, 1.165) is 11.6 Å². The van der Waals surface area contributed by atoms with Gasteiger partial charge in [-0.2, -0.15) is 5.10 Å². The maximum Gasteiger partial charge on any atom is 0.155 e. The molecular weight excluding hydrogens is 164 g/mol. The third-order valence-electron chi connectivity index (χ3n) is 2.68. The standard InChI is InChI=1S/C9H16N4/c1-5(6(2)10)8-11-9(13-12-8)7-3-4-7/h5-7H,3-4,10H2,1-2H3,(H,11,12,13). The van der Waals surface area contributed by atoms with Crippen LogP contribution in [0.1, 0.15) is 50.2 Å². The summed E-state index contributed by atoms with van der Waals surface area (Å²) < 4.78 is 0. The molecule has 13 heavy (non-hydrogen) atoms. The molecule has 1 aliphatic carbocycles. The zero-order chi connectivity index (χ0) is 9.42. The van der Waals surface area contributed by atoms with Gasteiger partial charge in [-0.25, -0.2) is 4.98 Å². The third kappa shape index (κ3) is 1.72. The van der Waals surface area contributed by atoms with Gasteiger partial charge in [0, 0.05) is 17.9 Å². The Morgan fingerprint density at radius 2 is 2.15 bits per heavy atom. The van der Waals surface area contributed by atoms with Crippen LogP contribution in [-0.2, 0) is 0 Å². The Morgan fingerprint density at radius 3 is 2.69 bits per heavy atom. The monoisotopic (exact) mass is 180 g/mol. The zero-order valence-corrected chi connectivity index (χ0v) is 8.12. The van der Waals surface area contributed by atoms with Crippen LogP contribution in [0.25, 0.3) is 0 Å². The van der Waals surface area contributed by atoms with E-state index in [9.17, 15) is 0 Å². The summed E-state index contributed by atoms with van der Waals surface area (Å²) in [5, 5.41) is 7.17. The summed E-state index contributed by atoms with van der Waals surface area (Å²) >= 11 is 0. The van der Waals surface area contributed by atoms with Gasteiger partial charge in [0.25, 0.3) is 0 Å². The summed E-state index contributed by atoms with van der Waals surface area (Å²) in [6.07, 6.45) is 2.50. The minimum atomic E-state index is 0.114. The Hall–Kier alpha value is -0.900. The van der Waals surface area contributed by atoms with Crippen molar-refractivity contribution >= 4 is 0 Å². The molecule has 0 amide bonds. The van der Waals surface area contributed by atoms with Crippen LogP contribution < -0.4 is 5.73 Å². The number of hydrogen-bond donors (Lipinski definition) is 2. The van der Waals surface area contributed by atoms with Crippen molar-refractivity contribution in [2.24, 2.45) is 5.73 Å². The van der Waals surface area contributed by atoms with Crippen LogP contribution in [0, 0.1) is 0 Å². The predicted octanol–water partition coefficient (Wildman–Crippen LogP) is 1.13. The summed E-state index contributed by atoms with van der Waals surface area (Å²) in [5.41, 5.74) is 5.78. The van der Waals surface area contributed by atoms with Gasteiger partial charge in [0.2, 0.25) is 0 Å². The molecular formula is C9H16N4. The molecule has 0 aliphatic heterocycles. The summed E-state index contributed by atoms with van der Waals surface area (Å²) in [6, 6.07) is 0.114. The number of hydrogen-bond acceptors (Lipinski definition) is 3. The van der Waals surface area contributed by atoms with Gasteiger partial charge in [0.15, 0.2) is 5.82 Å². The molecule has 1 heterocycles. The van der Waals surface area contributed by atoms with Crippen molar-refractivity contribution in [2.75, 3.05) is 0 Å². The Kier molecular flexibility index (Phi) is 2.07. The highest BCUT2D eigenvalue weighted by molar-refractivity contribution is 5.07. The molecule has 0 aromatic carbocycles. The molecule has 0 saturated heterocycles. The molecule has 1 saturated carbocycles. The van der Waals surface area contributed by atoms with Crippen molar-refractivity contribution in [3.05, 3.63) is 11.6 Å². The van der Waals surface area contributed by atoms with Crippen LogP contribution in [0.2, 0.25) is 0 Å². The topological polar surface area (TPSA) is 67.6 Å². The second-order valence-corrected chi connectivity index (χ2v) is 4.00. The Bertz CT molecular complexity index is 288. The Morgan fingerprint density at radius 1 is 1.46 bits per heavy atom. The van der Waals surface area contributed by atoms with Crippen molar-refractivity contribution in [3.8, 4) is 0 Å². The van der Waals surface area contributed by atoms with Gasteiger partial charge in [-0.1, -0.05) is 6.92 Å². The van der Waals surface area contributed by atoms with Crippen LogP contribution in [0.15, 0.2) is 0 Å². The minimum Gasteiger partial charge on any atom is -0.327 e. The molecule has 4 heteroatoms. The Balaban J connectivity index is 2.11. The first kappa shape index (κ1) is 8.69. The lowest BCUT2D eigenvalue weighted by Gasteiger charge is -2.10. The molecule has 1 aliphatic rings. The van der Waals surface area contributed by atoms with Gasteiger partial charge in [-0.3, -0.25) is 5.10 Å². The van der Waals surface area contributed by atoms with Crippen LogP contribution in [0.4, 0.5) is 0 Å². The maximum atomic E-state index is 5.78. The van der Waals surface area contributed by atoms with Gasteiger partial charge in [0.05, 0.1) is 0 Å². The van der Waals surface area contributed by atoms with Gasteiger partial charge in [-0.05, 0) is 19.8 Å². The molecule has 1 fully saturated rings. The number of aromatic amines is 1. The largest absolute Gasteiger partial charge is 0.327 e. The normalized spacial score (nSPS) is 21.5. The fraction of sp³-hybridized carbons (Fsp3) is 0.778. The number of nitrogens with zero attached hydrogens (tertiary/aromatic N) is 2. The SMILES string of the molecule is CC(N)C(C)c1n[nH]c(C2CC2)n1. The maximum absolute atomic E-state index is 5.78. The third-order valence-corrected chi connectivity index (χ3v) is 2.68. The number of nitrogens with two attached hydrogens (primary N) is 1. The molecule has 1 aromatic rings. The average Bonchev–Trinajstić information content (AvgIpc) is 2.83. The van der Waals surface area contributed by atoms with E-state index in [0.29, 0.717) is 5.92 Å². The van der Waals surface area contributed by atoms with Gasteiger partial charge in [-0.15, -0.1) is 0 Å². The fourth-order valence-electron chi connectivity index (χ4n) is 1.27. The number of rotatable bonds is 3. The summed E-state index contributed by atoms with van der Waals surface area (Å²) in [7, 11) is 0. The highest BCUT2D eigenvalue weighted by Gasteiger charge is 2.28. The molecule has 0 bridgehead atoms. The number of H-pyrrole nitrogens is 1. The van der Waals surface area contributed by atoms with E-state index in [4.69, 9.17) is 5.73 Å². The summed E-state index contributed by atoms with van der Waals surface area (Å²) in [4.78, 5) is 4.45. The molecule has 2 unspecified atom stereocenters. The van der Waals surface area contributed by atoms with E-state index < -0.39 is 0 Å². The zero-order valence-electron chi connectivity index (χ0n) is 8.12. The smallest absolute Gasteiger partial charge is 0.155 e. The van der Waals surface area contributed by atoms with Crippen LogP contribution in [-0.4, -0.2) is 21.2 Å².